The first kappa shape index (κ1) is 16.2. The van der Waals surface area contributed by atoms with Gasteiger partial charge in [0.15, 0.2) is 0 Å². The normalized spacial score (nSPS) is 11.9. The van der Waals surface area contributed by atoms with Crippen LogP contribution in [-0.4, -0.2) is 18.6 Å². The number of hydroxylamine groups is 1. The Labute approximate surface area is 131 Å². The van der Waals surface area contributed by atoms with Gasteiger partial charge >= 0.3 is 5.97 Å². The maximum Gasteiger partial charge on any atom is 0.338 e. The summed E-state index contributed by atoms with van der Waals surface area (Å²) >= 11 is 0. The maximum atomic E-state index is 11.9. The van der Waals surface area contributed by atoms with Gasteiger partial charge in [0.25, 0.3) is 0 Å². The van der Waals surface area contributed by atoms with E-state index in [4.69, 9.17) is 9.57 Å². The van der Waals surface area contributed by atoms with E-state index >= 15 is 0 Å². The third kappa shape index (κ3) is 5.31. The Hall–Kier alpha value is -2.17. The van der Waals surface area contributed by atoms with Crippen LogP contribution in [0.15, 0.2) is 60.7 Å². The van der Waals surface area contributed by atoms with Gasteiger partial charge in [-0.1, -0.05) is 55.5 Å². The van der Waals surface area contributed by atoms with Crippen molar-refractivity contribution in [1.82, 2.24) is 5.48 Å². The van der Waals surface area contributed by atoms with Gasteiger partial charge in [0, 0.05) is 0 Å². The largest absolute Gasteiger partial charge is 0.460 e. The summed E-state index contributed by atoms with van der Waals surface area (Å²) in [5, 5.41) is 0. The highest BCUT2D eigenvalue weighted by Crippen LogP contribution is 2.04. The van der Waals surface area contributed by atoms with Gasteiger partial charge in [-0.15, -0.1) is 0 Å². The molecule has 0 aliphatic heterocycles. The molecule has 4 heteroatoms. The van der Waals surface area contributed by atoms with E-state index in [1.54, 1.807) is 12.1 Å². The summed E-state index contributed by atoms with van der Waals surface area (Å²) in [5.74, 6) is -0.316. The molecular formula is C18H21NO3. The standard InChI is InChI=1S/C18H21NO3/c1-2-17(19-22-13-15-9-5-3-6-10-15)14-21-18(20)16-11-7-4-8-12-16/h3-12,17,19H,2,13-14H2,1H3. The predicted molar refractivity (Wildman–Crippen MR) is 85.2 cm³/mol. The Morgan fingerprint density at radius 3 is 2.32 bits per heavy atom. The average molecular weight is 299 g/mol. The fourth-order valence-corrected chi connectivity index (χ4v) is 1.89. The highest BCUT2D eigenvalue weighted by Gasteiger charge is 2.11. The first-order valence-electron chi connectivity index (χ1n) is 7.43. The molecule has 0 spiro atoms. The molecule has 4 nitrogen and oxygen atoms in total. The lowest BCUT2D eigenvalue weighted by molar-refractivity contribution is -0.0175. The zero-order chi connectivity index (χ0) is 15.6. The molecule has 1 unspecified atom stereocenters. The van der Waals surface area contributed by atoms with E-state index in [9.17, 15) is 4.79 Å². The van der Waals surface area contributed by atoms with Gasteiger partial charge in [-0.3, -0.25) is 4.84 Å². The summed E-state index contributed by atoms with van der Waals surface area (Å²) in [6, 6.07) is 18.8. The van der Waals surface area contributed by atoms with Crippen molar-refractivity contribution in [1.29, 1.82) is 0 Å². The monoisotopic (exact) mass is 299 g/mol. The maximum absolute atomic E-state index is 11.9. The third-order valence-electron chi connectivity index (χ3n) is 3.25. The molecule has 0 aliphatic rings. The molecule has 0 aromatic heterocycles. The van der Waals surface area contributed by atoms with E-state index in [1.807, 2.05) is 55.5 Å². The lowest BCUT2D eigenvalue weighted by atomic mass is 10.2. The molecule has 0 radical (unpaired) electrons. The Morgan fingerprint density at radius 1 is 1.05 bits per heavy atom. The van der Waals surface area contributed by atoms with E-state index in [2.05, 4.69) is 5.48 Å². The molecule has 116 valence electrons. The van der Waals surface area contributed by atoms with E-state index in [-0.39, 0.29) is 18.6 Å². The molecule has 0 heterocycles. The minimum absolute atomic E-state index is 0.0311. The highest BCUT2D eigenvalue weighted by atomic mass is 16.6. The van der Waals surface area contributed by atoms with Gasteiger partial charge in [-0.2, -0.15) is 5.48 Å². The second-order valence-electron chi connectivity index (χ2n) is 4.96. The zero-order valence-corrected chi connectivity index (χ0v) is 12.7. The molecule has 2 aromatic rings. The van der Waals surface area contributed by atoms with E-state index in [0.717, 1.165) is 12.0 Å². The quantitative estimate of drug-likeness (QED) is 0.600. The SMILES string of the molecule is CCC(COC(=O)c1ccccc1)NOCc1ccccc1. The second kappa shape index (κ2) is 8.97. The van der Waals surface area contributed by atoms with Crippen LogP contribution in [0.3, 0.4) is 0 Å². The molecule has 1 atom stereocenters. The molecule has 2 aromatic carbocycles. The smallest absolute Gasteiger partial charge is 0.338 e. The van der Waals surface area contributed by atoms with Crippen molar-refractivity contribution >= 4 is 5.97 Å². The van der Waals surface area contributed by atoms with Crippen molar-refractivity contribution in [2.45, 2.75) is 26.0 Å². The number of nitrogens with one attached hydrogen (secondary N) is 1. The van der Waals surface area contributed by atoms with E-state index < -0.39 is 0 Å². The summed E-state index contributed by atoms with van der Waals surface area (Å²) < 4.78 is 5.30. The molecule has 0 bridgehead atoms. The van der Waals surface area contributed by atoms with Crippen molar-refractivity contribution < 1.29 is 14.4 Å². The molecule has 0 aliphatic carbocycles. The van der Waals surface area contributed by atoms with Gasteiger partial charge in [0.2, 0.25) is 0 Å². The molecule has 0 saturated carbocycles. The number of ether oxygens (including phenoxy) is 1. The van der Waals surface area contributed by atoms with Crippen LogP contribution in [0.1, 0.15) is 29.3 Å². The topological polar surface area (TPSA) is 47.6 Å². The van der Waals surface area contributed by atoms with Crippen LogP contribution in [0.25, 0.3) is 0 Å². The highest BCUT2D eigenvalue weighted by molar-refractivity contribution is 5.89. The summed E-state index contributed by atoms with van der Waals surface area (Å²) in [6.45, 7) is 2.77. The third-order valence-corrected chi connectivity index (χ3v) is 3.25. The van der Waals surface area contributed by atoms with Crippen LogP contribution in [0, 0.1) is 0 Å². The minimum Gasteiger partial charge on any atom is -0.460 e. The molecule has 22 heavy (non-hydrogen) atoms. The van der Waals surface area contributed by atoms with Crippen LogP contribution in [-0.2, 0) is 16.2 Å². The zero-order valence-electron chi connectivity index (χ0n) is 12.7. The number of benzene rings is 2. The summed E-state index contributed by atoms with van der Waals surface area (Å²) in [4.78, 5) is 17.3. The van der Waals surface area contributed by atoms with Gasteiger partial charge in [0.1, 0.15) is 6.61 Å². The molecule has 2 rings (SSSR count). The van der Waals surface area contributed by atoms with Gasteiger partial charge < -0.3 is 4.74 Å². The molecule has 1 N–H and O–H groups in total. The Bertz CT molecular complexity index is 557. The van der Waals surface area contributed by atoms with Crippen molar-refractivity contribution in [3.05, 3.63) is 71.8 Å². The molecule has 0 saturated heterocycles. The summed E-state index contributed by atoms with van der Waals surface area (Å²) in [6.07, 6.45) is 0.802. The van der Waals surface area contributed by atoms with Crippen LogP contribution in [0.2, 0.25) is 0 Å². The molecule has 0 fully saturated rings. The van der Waals surface area contributed by atoms with Crippen molar-refractivity contribution in [3.63, 3.8) is 0 Å². The number of hydrogen-bond acceptors (Lipinski definition) is 4. The molecular weight excluding hydrogens is 278 g/mol. The minimum atomic E-state index is -0.316. The number of rotatable bonds is 8. The van der Waals surface area contributed by atoms with Crippen LogP contribution in [0.5, 0.6) is 0 Å². The van der Waals surface area contributed by atoms with Crippen LogP contribution in [0.4, 0.5) is 0 Å². The number of carbonyl (C=O) groups excluding carboxylic acids is 1. The first-order valence-corrected chi connectivity index (χ1v) is 7.43. The number of hydrogen-bond donors (Lipinski definition) is 1. The lowest BCUT2D eigenvalue weighted by Crippen LogP contribution is -2.33. The van der Waals surface area contributed by atoms with Gasteiger partial charge in [-0.05, 0) is 24.1 Å². The Kier molecular flexibility index (Phi) is 6.61. The average Bonchev–Trinajstić information content (AvgIpc) is 2.59. The summed E-state index contributed by atoms with van der Waals surface area (Å²) in [5.41, 5.74) is 4.59. The van der Waals surface area contributed by atoms with Crippen molar-refractivity contribution in [2.24, 2.45) is 0 Å². The van der Waals surface area contributed by atoms with E-state index in [1.165, 1.54) is 0 Å². The Morgan fingerprint density at radius 2 is 1.68 bits per heavy atom. The van der Waals surface area contributed by atoms with Gasteiger partial charge in [0.05, 0.1) is 18.2 Å². The van der Waals surface area contributed by atoms with Crippen LogP contribution < -0.4 is 5.48 Å². The fourth-order valence-electron chi connectivity index (χ4n) is 1.89. The molecule has 0 amide bonds. The second-order valence-corrected chi connectivity index (χ2v) is 4.96. The van der Waals surface area contributed by atoms with Crippen molar-refractivity contribution in [2.75, 3.05) is 6.61 Å². The Balaban J connectivity index is 1.72. The van der Waals surface area contributed by atoms with E-state index in [0.29, 0.717) is 12.2 Å². The predicted octanol–water partition coefficient (Wildman–Crippen LogP) is 3.34. The van der Waals surface area contributed by atoms with Gasteiger partial charge in [-0.25, -0.2) is 4.79 Å². The lowest BCUT2D eigenvalue weighted by Gasteiger charge is -2.16. The fraction of sp³-hybridized carbons (Fsp3) is 0.278. The first-order chi connectivity index (χ1) is 10.8. The summed E-state index contributed by atoms with van der Waals surface area (Å²) in [7, 11) is 0. The number of carbonyl (C=O) groups is 1. The van der Waals surface area contributed by atoms with Crippen LogP contribution >= 0.6 is 0 Å². The van der Waals surface area contributed by atoms with Crippen molar-refractivity contribution in [3.8, 4) is 0 Å². The number of esters is 1.